The van der Waals surface area contributed by atoms with Gasteiger partial charge in [-0.3, -0.25) is 0 Å². The van der Waals surface area contributed by atoms with Crippen LogP contribution >= 0.6 is 0 Å². The van der Waals surface area contributed by atoms with E-state index in [9.17, 15) is 4.79 Å². The highest BCUT2D eigenvalue weighted by Crippen LogP contribution is 2.27. The number of hydrogen-bond donors (Lipinski definition) is 2. The lowest BCUT2D eigenvalue weighted by Gasteiger charge is -2.20. The summed E-state index contributed by atoms with van der Waals surface area (Å²) < 4.78 is 4.69. The zero-order valence-corrected chi connectivity index (χ0v) is 10.6. The smallest absolute Gasteiger partial charge is 0.338 e. The number of rotatable bonds is 4. The van der Waals surface area contributed by atoms with Crippen molar-refractivity contribution in [2.75, 3.05) is 19.0 Å². The Morgan fingerprint density at radius 2 is 2.44 bits per heavy atom. The summed E-state index contributed by atoms with van der Waals surface area (Å²) in [6.45, 7) is 0.689. The standard InChI is InChI=1S/C13H19N3O2/c1-18-13(17)9-5-6-15-12(7-9)16-11-4-2-3-10(11)8-14/h5-7,10-11H,2-4,8,14H2,1H3,(H,15,16). The first-order valence-electron chi connectivity index (χ1n) is 6.25. The van der Waals surface area contributed by atoms with Gasteiger partial charge < -0.3 is 15.8 Å². The molecule has 1 heterocycles. The lowest BCUT2D eigenvalue weighted by Crippen LogP contribution is -2.29. The number of anilines is 1. The topological polar surface area (TPSA) is 77.2 Å². The first-order chi connectivity index (χ1) is 8.74. The number of nitrogens with one attached hydrogen (secondary N) is 1. The van der Waals surface area contributed by atoms with E-state index in [2.05, 4.69) is 15.0 Å². The van der Waals surface area contributed by atoms with Crippen molar-refractivity contribution >= 4 is 11.8 Å². The molecule has 2 unspecified atom stereocenters. The van der Waals surface area contributed by atoms with E-state index in [4.69, 9.17) is 5.73 Å². The van der Waals surface area contributed by atoms with Gasteiger partial charge in [-0.2, -0.15) is 0 Å². The fraction of sp³-hybridized carbons (Fsp3) is 0.538. The van der Waals surface area contributed by atoms with Crippen LogP contribution < -0.4 is 11.1 Å². The van der Waals surface area contributed by atoms with Crippen LogP contribution in [0.2, 0.25) is 0 Å². The molecule has 98 valence electrons. The highest BCUT2D eigenvalue weighted by molar-refractivity contribution is 5.89. The Bertz CT molecular complexity index is 422. The molecule has 2 atom stereocenters. The number of pyridine rings is 1. The predicted octanol–water partition coefficient (Wildman–Crippen LogP) is 1.41. The lowest BCUT2D eigenvalue weighted by atomic mass is 10.0. The second-order valence-electron chi connectivity index (χ2n) is 4.60. The fourth-order valence-corrected chi connectivity index (χ4v) is 2.45. The maximum atomic E-state index is 11.4. The summed E-state index contributed by atoms with van der Waals surface area (Å²) in [5, 5.41) is 3.36. The predicted molar refractivity (Wildman–Crippen MR) is 69.4 cm³/mol. The van der Waals surface area contributed by atoms with Gasteiger partial charge in [0.05, 0.1) is 12.7 Å². The largest absolute Gasteiger partial charge is 0.465 e. The van der Waals surface area contributed by atoms with E-state index in [1.54, 1.807) is 18.3 Å². The summed E-state index contributed by atoms with van der Waals surface area (Å²) >= 11 is 0. The van der Waals surface area contributed by atoms with E-state index in [0.29, 0.717) is 29.9 Å². The molecule has 2 rings (SSSR count). The molecule has 1 saturated carbocycles. The van der Waals surface area contributed by atoms with Gasteiger partial charge in [0.2, 0.25) is 0 Å². The van der Waals surface area contributed by atoms with Crippen molar-refractivity contribution in [1.29, 1.82) is 0 Å². The third-order valence-electron chi connectivity index (χ3n) is 3.48. The van der Waals surface area contributed by atoms with Crippen molar-refractivity contribution in [2.24, 2.45) is 11.7 Å². The Morgan fingerprint density at radius 1 is 1.61 bits per heavy atom. The SMILES string of the molecule is COC(=O)c1ccnc(NC2CCCC2CN)c1. The number of esters is 1. The third-order valence-corrected chi connectivity index (χ3v) is 3.48. The number of ether oxygens (including phenoxy) is 1. The van der Waals surface area contributed by atoms with Crippen molar-refractivity contribution < 1.29 is 9.53 Å². The molecular weight excluding hydrogens is 230 g/mol. The van der Waals surface area contributed by atoms with Gasteiger partial charge in [-0.05, 0) is 37.4 Å². The van der Waals surface area contributed by atoms with Gasteiger partial charge in [0.1, 0.15) is 5.82 Å². The molecule has 0 amide bonds. The van der Waals surface area contributed by atoms with Crippen molar-refractivity contribution in [2.45, 2.75) is 25.3 Å². The molecule has 1 aliphatic carbocycles. The van der Waals surface area contributed by atoms with E-state index in [1.807, 2.05) is 0 Å². The molecule has 18 heavy (non-hydrogen) atoms. The zero-order valence-electron chi connectivity index (χ0n) is 10.6. The number of nitrogens with zero attached hydrogens (tertiary/aromatic N) is 1. The zero-order chi connectivity index (χ0) is 13.0. The second kappa shape index (κ2) is 5.82. The molecule has 3 N–H and O–H groups in total. The second-order valence-corrected chi connectivity index (χ2v) is 4.60. The molecule has 0 saturated heterocycles. The summed E-state index contributed by atoms with van der Waals surface area (Å²) in [6, 6.07) is 3.72. The molecule has 0 aliphatic heterocycles. The Kier molecular flexibility index (Phi) is 4.15. The number of hydrogen-bond acceptors (Lipinski definition) is 5. The van der Waals surface area contributed by atoms with Crippen molar-refractivity contribution in [1.82, 2.24) is 4.98 Å². The quantitative estimate of drug-likeness (QED) is 0.789. The van der Waals surface area contributed by atoms with E-state index < -0.39 is 0 Å². The Labute approximate surface area is 107 Å². The molecule has 1 aromatic rings. The molecule has 1 aliphatic rings. The number of nitrogens with two attached hydrogens (primary N) is 1. The fourth-order valence-electron chi connectivity index (χ4n) is 2.45. The Balaban J connectivity index is 2.07. The van der Waals surface area contributed by atoms with Crippen LogP contribution in [0.4, 0.5) is 5.82 Å². The molecule has 1 aromatic heterocycles. The normalized spacial score (nSPS) is 22.8. The lowest BCUT2D eigenvalue weighted by molar-refractivity contribution is 0.0600. The summed E-state index contributed by atoms with van der Waals surface area (Å²) in [4.78, 5) is 15.7. The van der Waals surface area contributed by atoms with E-state index in [1.165, 1.54) is 13.5 Å². The van der Waals surface area contributed by atoms with Crippen LogP contribution in [-0.2, 0) is 4.74 Å². The third kappa shape index (κ3) is 2.79. The van der Waals surface area contributed by atoms with Gasteiger partial charge >= 0.3 is 5.97 Å². The molecule has 0 spiro atoms. The number of carbonyl (C=O) groups is 1. The highest BCUT2D eigenvalue weighted by Gasteiger charge is 2.26. The maximum absolute atomic E-state index is 11.4. The Hall–Kier alpha value is -1.62. The van der Waals surface area contributed by atoms with Gasteiger partial charge in [0, 0.05) is 12.2 Å². The first kappa shape index (κ1) is 12.8. The van der Waals surface area contributed by atoms with Crippen molar-refractivity contribution in [3.63, 3.8) is 0 Å². The van der Waals surface area contributed by atoms with Crippen LogP contribution in [0.3, 0.4) is 0 Å². The monoisotopic (exact) mass is 249 g/mol. The summed E-state index contributed by atoms with van der Waals surface area (Å²) in [7, 11) is 1.37. The number of aromatic nitrogens is 1. The minimum absolute atomic E-state index is 0.345. The highest BCUT2D eigenvalue weighted by atomic mass is 16.5. The van der Waals surface area contributed by atoms with Crippen LogP contribution in [0.5, 0.6) is 0 Å². The average molecular weight is 249 g/mol. The molecule has 5 nitrogen and oxygen atoms in total. The van der Waals surface area contributed by atoms with E-state index in [0.717, 1.165) is 12.8 Å². The number of carbonyl (C=O) groups excluding carboxylic acids is 1. The minimum Gasteiger partial charge on any atom is -0.465 e. The van der Waals surface area contributed by atoms with Crippen LogP contribution in [0.25, 0.3) is 0 Å². The average Bonchev–Trinajstić information content (AvgIpc) is 2.85. The Morgan fingerprint density at radius 3 is 3.17 bits per heavy atom. The van der Waals surface area contributed by atoms with Gasteiger partial charge in [-0.15, -0.1) is 0 Å². The van der Waals surface area contributed by atoms with Crippen LogP contribution in [-0.4, -0.2) is 30.6 Å². The van der Waals surface area contributed by atoms with Crippen LogP contribution in [0, 0.1) is 5.92 Å². The summed E-state index contributed by atoms with van der Waals surface area (Å²) in [6.07, 6.45) is 5.06. The molecule has 0 aromatic carbocycles. The van der Waals surface area contributed by atoms with Crippen LogP contribution in [0.1, 0.15) is 29.6 Å². The van der Waals surface area contributed by atoms with Gasteiger partial charge in [-0.1, -0.05) is 6.42 Å². The molecule has 0 radical (unpaired) electrons. The van der Waals surface area contributed by atoms with Gasteiger partial charge in [-0.25, -0.2) is 9.78 Å². The molecule has 5 heteroatoms. The number of methoxy groups -OCH3 is 1. The van der Waals surface area contributed by atoms with Gasteiger partial charge in [0.15, 0.2) is 0 Å². The van der Waals surface area contributed by atoms with E-state index >= 15 is 0 Å². The van der Waals surface area contributed by atoms with Crippen molar-refractivity contribution in [3.05, 3.63) is 23.9 Å². The molecule has 0 bridgehead atoms. The first-order valence-corrected chi connectivity index (χ1v) is 6.25. The summed E-state index contributed by atoms with van der Waals surface area (Å²) in [5.74, 6) is 0.860. The maximum Gasteiger partial charge on any atom is 0.338 e. The summed E-state index contributed by atoms with van der Waals surface area (Å²) in [5.41, 5.74) is 6.25. The molecule has 1 fully saturated rings. The van der Waals surface area contributed by atoms with E-state index in [-0.39, 0.29) is 5.97 Å². The minimum atomic E-state index is -0.345. The van der Waals surface area contributed by atoms with Gasteiger partial charge in [0.25, 0.3) is 0 Å². The molecular formula is C13H19N3O2. The van der Waals surface area contributed by atoms with Crippen LogP contribution in [0.15, 0.2) is 18.3 Å². The van der Waals surface area contributed by atoms with Crippen molar-refractivity contribution in [3.8, 4) is 0 Å².